The maximum Gasteiger partial charge on any atom is 0.235 e. The Balaban J connectivity index is 1.85. The molecule has 4 rings (SSSR count). The monoisotopic (exact) mass is 403 g/mol. The molecule has 4 heterocycles. The topological polar surface area (TPSA) is 55.5 Å². The van der Waals surface area contributed by atoms with E-state index in [1.165, 1.54) is 16.9 Å². The third-order valence-electron chi connectivity index (χ3n) is 5.41. The number of morpholine rings is 1. The Bertz CT molecular complexity index is 988. The van der Waals surface area contributed by atoms with Crippen molar-refractivity contribution in [3.05, 3.63) is 29.0 Å². The predicted octanol–water partition coefficient (Wildman–Crippen LogP) is 4.35. The number of halogens is 1. The molecular weight excluding hydrogens is 377 g/mol. The minimum atomic E-state index is -0.455. The van der Waals surface area contributed by atoms with E-state index in [0.29, 0.717) is 34.8 Å². The van der Waals surface area contributed by atoms with E-state index in [1.54, 1.807) is 0 Å². The summed E-state index contributed by atoms with van der Waals surface area (Å²) < 4.78 is 22.1. The molecule has 0 spiro atoms. The van der Waals surface area contributed by atoms with Crippen LogP contribution < -0.4 is 4.90 Å². The lowest BCUT2D eigenvalue weighted by Crippen LogP contribution is -2.36. The van der Waals surface area contributed by atoms with Crippen LogP contribution in [0.4, 0.5) is 9.52 Å². The fourth-order valence-corrected chi connectivity index (χ4v) is 4.98. The highest BCUT2D eigenvalue weighted by atomic mass is 32.1. The zero-order valence-corrected chi connectivity index (χ0v) is 17.6. The van der Waals surface area contributed by atoms with E-state index < -0.39 is 5.95 Å². The first kappa shape index (κ1) is 19.3. The van der Waals surface area contributed by atoms with Crippen LogP contribution in [0.3, 0.4) is 0 Å². The van der Waals surface area contributed by atoms with Gasteiger partial charge in [0.25, 0.3) is 0 Å². The minimum absolute atomic E-state index is 0.411. The molecule has 6 nitrogen and oxygen atoms in total. The first-order valence-corrected chi connectivity index (χ1v) is 10.7. The molecule has 0 amide bonds. The van der Waals surface area contributed by atoms with E-state index in [-0.39, 0.29) is 0 Å². The molecule has 0 N–H and O–H groups in total. The molecule has 0 unspecified atom stereocenters. The molecule has 1 aliphatic rings. The van der Waals surface area contributed by atoms with E-state index in [2.05, 4.69) is 34.9 Å². The van der Waals surface area contributed by atoms with Crippen molar-refractivity contribution in [3.8, 4) is 10.6 Å². The van der Waals surface area contributed by atoms with Crippen LogP contribution in [0.1, 0.15) is 49.6 Å². The number of aromatic nitrogens is 4. The molecule has 28 heavy (non-hydrogen) atoms. The molecule has 1 aliphatic heterocycles. The second kappa shape index (κ2) is 7.75. The number of thiazole rings is 1. The molecule has 0 aromatic carbocycles. The van der Waals surface area contributed by atoms with Crippen LogP contribution in [0.15, 0.2) is 6.07 Å². The maximum absolute atomic E-state index is 14.9. The van der Waals surface area contributed by atoms with Gasteiger partial charge in [0.2, 0.25) is 5.95 Å². The molecule has 0 atom stereocenters. The number of fused-ring (bicyclic) bond motifs is 1. The number of nitrogens with zero attached hydrogens (tertiary/aromatic N) is 5. The highest BCUT2D eigenvalue weighted by Crippen LogP contribution is 2.37. The standard InChI is InChI=1S/C20H26FN5OS/c1-5-14(6-2)15-11-12(3)24-26-16(13(4)22-19(15)26)17-18(21)23-20(28-17)25-7-9-27-10-8-25/h11,14H,5-10H2,1-4H3. The fourth-order valence-electron chi connectivity index (χ4n) is 3.90. The Morgan fingerprint density at radius 3 is 2.57 bits per heavy atom. The molecular formula is C20H26FN5OS. The summed E-state index contributed by atoms with van der Waals surface area (Å²) in [5, 5.41) is 5.37. The SMILES string of the molecule is CCC(CC)c1cc(C)nn2c(-c3sc(N4CCOCC4)nc3F)c(C)nc12. The molecule has 0 radical (unpaired) electrons. The van der Waals surface area contributed by atoms with Crippen molar-refractivity contribution in [2.75, 3.05) is 31.2 Å². The first-order chi connectivity index (χ1) is 13.5. The quantitative estimate of drug-likeness (QED) is 0.634. The fraction of sp³-hybridized carbons (Fsp3) is 0.550. The van der Waals surface area contributed by atoms with Crippen molar-refractivity contribution in [1.29, 1.82) is 0 Å². The van der Waals surface area contributed by atoms with Gasteiger partial charge in [-0.25, -0.2) is 9.50 Å². The molecule has 0 saturated carbocycles. The van der Waals surface area contributed by atoms with Crippen LogP contribution in [-0.4, -0.2) is 45.9 Å². The number of hydrogen-bond acceptors (Lipinski definition) is 6. The first-order valence-electron chi connectivity index (χ1n) is 9.89. The van der Waals surface area contributed by atoms with Crippen LogP contribution in [0, 0.1) is 19.8 Å². The second-order valence-electron chi connectivity index (χ2n) is 7.25. The second-order valence-corrected chi connectivity index (χ2v) is 8.23. The Morgan fingerprint density at radius 1 is 1.18 bits per heavy atom. The van der Waals surface area contributed by atoms with Crippen molar-refractivity contribution >= 4 is 22.1 Å². The van der Waals surface area contributed by atoms with Crippen molar-refractivity contribution in [2.24, 2.45) is 0 Å². The lowest BCUT2D eigenvalue weighted by atomic mass is 9.95. The van der Waals surface area contributed by atoms with Crippen molar-refractivity contribution < 1.29 is 9.13 Å². The van der Waals surface area contributed by atoms with E-state index in [4.69, 9.17) is 9.72 Å². The highest BCUT2D eigenvalue weighted by Gasteiger charge is 2.25. The van der Waals surface area contributed by atoms with Gasteiger partial charge in [0.15, 0.2) is 10.8 Å². The van der Waals surface area contributed by atoms with Gasteiger partial charge in [0.1, 0.15) is 10.6 Å². The van der Waals surface area contributed by atoms with Crippen LogP contribution in [0.5, 0.6) is 0 Å². The average molecular weight is 404 g/mol. The largest absolute Gasteiger partial charge is 0.378 e. The summed E-state index contributed by atoms with van der Waals surface area (Å²) in [6, 6.07) is 2.12. The minimum Gasteiger partial charge on any atom is -0.378 e. The predicted molar refractivity (Wildman–Crippen MR) is 110 cm³/mol. The Hall–Kier alpha value is -2.06. The van der Waals surface area contributed by atoms with Crippen LogP contribution in [-0.2, 0) is 4.74 Å². The molecule has 1 saturated heterocycles. The molecule has 0 bridgehead atoms. The van der Waals surface area contributed by atoms with Gasteiger partial charge in [-0.15, -0.1) is 0 Å². The summed E-state index contributed by atoms with van der Waals surface area (Å²) in [4.78, 5) is 11.6. The Kier molecular flexibility index (Phi) is 5.33. The van der Waals surface area contributed by atoms with Gasteiger partial charge in [-0.3, -0.25) is 0 Å². The lowest BCUT2D eigenvalue weighted by Gasteiger charge is -2.25. The van der Waals surface area contributed by atoms with Gasteiger partial charge in [-0.2, -0.15) is 14.5 Å². The molecule has 150 valence electrons. The van der Waals surface area contributed by atoms with Gasteiger partial charge in [0.05, 0.1) is 24.6 Å². The van der Waals surface area contributed by atoms with Gasteiger partial charge < -0.3 is 9.64 Å². The van der Waals surface area contributed by atoms with Crippen molar-refractivity contribution in [2.45, 2.75) is 46.5 Å². The number of aryl methyl sites for hydroxylation is 2. The number of hydrogen-bond donors (Lipinski definition) is 0. The average Bonchev–Trinajstić information content (AvgIpc) is 3.22. The summed E-state index contributed by atoms with van der Waals surface area (Å²) in [6.45, 7) is 11.0. The number of anilines is 1. The number of imidazole rings is 1. The molecule has 3 aromatic heterocycles. The number of ether oxygens (including phenoxy) is 1. The van der Waals surface area contributed by atoms with Crippen LogP contribution in [0.2, 0.25) is 0 Å². The van der Waals surface area contributed by atoms with Crippen molar-refractivity contribution in [1.82, 2.24) is 19.6 Å². The van der Waals surface area contributed by atoms with E-state index >= 15 is 0 Å². The van der Waals surface area contributed by atoms with Gasteiger partial charge in [-0.1, -0.05) is 25.2 Å². The molecule has 0 aliphatic carbocycles. The Morgan fingerprint density at radius 2 is 1.89 bits per heavy atom. The molecule has 1 fully saturated rings. The van der Waals surface area contributed by atoms with E-state index in [1.807, 2.05) is 18.4 Å². The third-order valence-corrected chi connectivity index (χ3v) is 6.50. The summed E-state index contributed by atoms with van der Waals surface area (Å²) in [5.41, 5.74) is 4.41. The smallest absolute Gasteiger partial charge is 0.235 e. The summed E-state index contributed by atoms with van der Waals surface area (Å²) >= 11 is 1.37. The summed E-state index contributed by atoms with van der Waals surface area (Å²) in [6.07, 6.45) is 2.07. The van der Waals surface area contributed by atoms with E-state index in [0.717, 1.165) is 43.0 Å². The molecule has 3 aromatic rings. The van der Waals surface area contributed by atoms with Crippen LogP contribution >= 0.6 is 11.3 Å². The summed E-state index contributed by atoms with van der Waals surface area (Å²) in [5.74, 6) is -0.0437. The zero-order valence-electron chi connectivity index (χ0n) is 16.8. The summed E-state index contributed by atoms with van der Waals surface area (Å²) in [7, 11) is 0. The van der Waals surface area contributed by atoms with Gasteiger partial charge in [0, 0.05) is 18.7 Å². The molecule has 8 heteroatoms. The lowest BCUT2D eigenvalue weighted by molar-refractivity contribution is 0.122. The number of rotatable bonds is 5. The normalized spacial score (nSPS) is 15.1. The zero-order chi connectivity index (χ0) is 19.8. The van der Waals surface area contributed by atoms with E-state index in [9.17, 15) is 4.39 Å². The van der Waals surface area contributed by atoms with Gasteiger partial charge in [-0.05, 0) is 38.7 Å². The Labute approximate surface area is 168 Å². The van der Waals surface area contributed by atoms with Gasteiger partial charge >= 0.3 is 0 Å². The third kappa shape index (κ3) is 3.28. The maximum atomic E-state index is 14.9. The van der Waals surface area contributed by atoms with Crippen molar-refractivity contribution in [3.63, 3.8) is 0 Å². The highest BCUT2D eigenvalue weighted by molar-refractivity contribution is 7.18. The van der Waals surface area contributed by atoms with Crippen LogP contribution in [0.25, 0.3) is 16.2 Å².